The minimum atomic E-state index is -1.12. The lowest BCUT2D eigenvalue weighted by Crippen LogP contribution is -2.39. The predicted octanol–water partition coefficient (Wildman–Crippen LogP) is 1.60. The van der Waals surface area contributed by atoms with Gasteiger partial charge >= 0.3 is 0 Å². The van der Waals surface area contributed by atoms with Crippen LogP contribution in [0.3, 0.4) is 0 Å². The minimum Gasteiger partial charge on any atom is -0.343 e. The number of piperidine rings is 1. The van der Waals surface area contributed by atoms with E-state index in [0.29, 0.717) is 0 Å². The fraction of sp³-hybridized carbons (Fsp3) is 0.900. The Hall–Kier alpha value is -0.570. The van der Waals surface area contributed by atoms with Gasteiger partial charge in [-0.25, -0.2) is 5.11 Å². The molecule has 0 aromatic rings. The summed E-state index contributed by atoms with van der Waals surface area (Å²) < 4.78 is 0. The fourth-order valence-electron chi connectivity index (χ4n) is 1.62. The van der Waals surface area contributed by atoms with Crippen LogP contribution in [0.25, 0.3) is 0 Å². The first-order valence-corrected chi connectivity index (χ1v) is 4.97. The van der Waals surface area contributed by atoms with Gasteiger partial charge in [-0.1, -0.05) is 0 Å². The molecule has 0 aromatic carbocycles. The SMILES string of the molecule is CC(C)([O])CC(=O)N1CCCCC1. The van der Waals surface area contributed by atoms with Gasteiger partial charge in [0.05, 0.1) is 6.42 Å². The molecular weight excluding hydrogens is 166 g/mol. The molecule has 0 N–H and O–H groups in total. The monoisotopic (exact) mass is 184 g/mol. The quantitative estimate of drug-likeness (QED) is 0.642. The molecule has 1 aliphatic heterocycles. The van der Waals surface area contributed by atoms with Gasteiger partial charge in [0.2, 0.25) is 5.91 Å². The maximum absolute atomic E-state index is 11.5. The van der Waals surface area contributed by atoms with Crippen molar-refractivity contribution in [3.8, 4) is 0 Å². The molecule has 0 saturated carbocycles. The molecule has 75 valence electrons. The number of rotatable bonds is 2. The third-order valence-electron chi connectivity index (χ3n) is 2.29. The van der Waals surface area contributed by atoms with Crippen LogP contribution >= 0.6 is 0 Å². The lowest BCUT2D eigenvalue weighted by molar-refractivity contribution is -0.138. The van der Waals surface area contributed by atoms with Gasteiger partial charge in [-0.3, -0.25) is 4.79 Å². The molecular formula is C10H18NO2. The summed E-state index contributed by atoms with van der Waals surface area (Å²) in [6, 6.07) is 0. The average Bonchev–Trinajstić information content (AvgIpc) is 2.03. The molecule has 0 spiro atoms. The molecule has 1 rings (SSSR count). The van der Waals surface area contributed by atoms with Crippen LogP contribution in [0, 0.1) is 0 Å². The van der Waals surface area contributed by atoms with E-state index in [2.05, 4.69) is 0 Å². The number of carbonyl (C=O) groups excluding carboxylic acids is 1. The van der Waals surface area contributed by atoms with Gasteiger partial charge in [0, 0.05) is 13.1 Å². The van der Waals surface area contributed by atoms with Gasteiger partial charge in [0.25, 0.3) is 0 Å². The normalized spacial score (nSPS) is 18.8. The molecule has 1 heterocycles. The molecule has 3 nitrogen and oxygen atoms in total. The Bertz CT molecular complexity index is 178. The van der Waals surface area contributed by atoms with E-state index in [1.807, 2.05) is 4.90 Å². The first-order valence-electron chi connectivity index (χ1n) is 4.97. The number of nitrogens with zero attached hydrogens (tertiary/aromatic N) is 1. The summed E-state index contributed by atoms with van der Waals surface area (Å²) in [6.45, 7) is 4.81. The second-order valence-electron chi connectivity index (χ2n) is 4.38. The molecule has 13 heavy (non-hydrogen) atoms. The minimum absolute atomic E-state index is 0.0275. The zero-order valence-electron chi connectivity index (χ0n) is 8.51. The van der Waals surface area contributed by atoms with Crippen molar-refractivity contribution >= 4 is 5.91 Å². The van der Waals surface area contributed by atoms with E-state index in [9.17, 15) is 9.90 Å². The van der Waals surface area contributed by atoms with Crippen LogP contribution in [0.5, 0.6) is 0 Å². The highest BCUT2D eigenvalue weighted by atomic mass is 16.3. The maximum atomic E-state index is 11.5. The van der Waals surface area contributed by atoms with Crippen molar-refractivity contribution in [1.82, 2.24) is 4.90 Å². The van der Waals surface area contributed by atoms with E-state index in [0.717, 1.165) is 25.9 Å². The highest BCUT2D eigenvalue weighted by Crippen LogP contribution is 2.15. The molecule has 0 unspecified atom stereocenters. The van der Waals surface area contributed by atoms with Crippen molar-refractivity contribution < 1.29 is 9.90 Å². The van der Waals surface area contributed by atoms with Crippen molar-refractivity contribution in [1.29, 1.82) is 0 Å². The summed E-state index contributed by atoms with van der Waals surface area (Å²) in [5.74, 6) is 0.0275. The highest BCUT2D eigenvalue weighted by molar-refractivity contribution is 5.77. The van der Waals surface area contributed by atoms with Crippen LogP contribution in [-0.2, 0) is 9.90 Å². The first kappa shape index (κ1) is 10.5. The Morgan fingerprint density at radius 3 is 2.23 bits per heavy atom. The average molecular weight is 184 g/mol. The van der Waals surface area contributed by atoms with Crippen LogP contribution in [0.2, 0.25) is 0 Å². The standard InChI is InChI=1S/C10H18NO2/c1-10(2,13)8-9(12)11-6-4-3-5-7-11/h3-8H2,1-2H3. The summed E-state index contributed by atoms with van der Waals surface area (Å²) in [7, 11) is 0. The Kier molecular flexibility index (Phi) is 3.31. The molecule has 0 aromatic heterocycles. The zero-order valence-corrected chi connectivity index (χ0v) is 8.51. The lowest BCUT2D eigenvalue weighted by atomic mass is 10.0. The first-order chi connectivity index (χ1) is 5.99. The summed E-state index contributed by atoms with van der Waals surface area (Å²) in [6.07, 6.45) is 3.52. The third-order valence-corrected chi connectivity index (χ3v) is 2.29. The van der Waals surface area contributed by atoms with Crippen molar-refractivity contribution in [2.45, 2.75) is 45.1 Å². The second-order valence-corrected chi connectivity index (χ2v) is 4.38. The zero-order chi connectivity index (χ0) is 9.90. The molecule has 1 amide bonds. The van der Waals surface area contributed by atoms with E-state index in [4.69, 9.17) is 0 Å². The number of likely N-dealkylation sites (tertiary alicyclic amines) is 1. The van der Waals surface area contributed by atoms with E-state index in [1.54, 1.807) is 13.8 Å². The largest absolute Gasteiger partial charge is 0.343 e. The van der Waals surface area contributed by atoms with Crippen LogP contribution in [0.4, 0.5) is 0 Å². The van der Waals surface area contributed by atoms with Crippen LogP contribution in [-0.4, -0.2) is 29.5 Å². The second kappa shape index (κ2) is 4.09. The molecule has 0 bridgehead atoms. The van der Waals surface area contributed by atoms with E-state index < -0.39 is 5.60 Å². The van der Waals surface area contributed by atoms with Crippen molar-refractivity contribution in [2.24, 2.45) is 0 Å². The molecule has 3 heteroatoms. The number of carbonyl (C=O) groups is 1. The number of amides is 1. The summed E-state index contributed by atoms with van der Waals surface area (Å²) in [4.78, 5) is 13.4. The fourth-order valence-corrected chi connectivity index (χ4v) is 1.62. The molecule has 0 atom stereocenters. The summed E-state index contributed by atoms with van der Waals surface area (Å²) >= 11 is 0. The van der Waals surface area contributed by atoms with Crippen molar-refractivity contribution in [3.05, 3.63) is 0 Å². The molecule has 1 saturated heterocycles. The Morgan fingerprint density at radius 2 is 1.77 bits per heavy atom. The molecule has 1 fully saturated rings. The topological polar surface area (TPSA) is 40.2 Å². The van der Waals surface area contributed by atoms with Crippen LogP contribution in [0.15, 0.2) is 0 Å². The molecule has 0 aliphatic carbocycles. The van der Waals surface area contributed by atoms with Gasteiger partial charge < -0.3 is 4.90 Å². The van der Waals surface area contributed by atoms with Gasteiger partial charge in [0.15, 0.2) is 0 Å². The number of hydrogen-bond donors (Lipinski definition) is 0. The highest BCUT2D eigenvalue weighted by Gasteiger charge is 2.24. The molecule has 1 aliphatic rings. The lowest BCUT2D eigenvalue weighted by Gasteiger charge is -2.28. The van der Waals surface area contributed by atoms with Crippen LogP contribution in [0.1, 0.15) is 39.5 Å². The Balaban J connectivity index is 2.38. The third kappa shape index (κ3) is 3.77. The maximum Gasteiger partial charge on any atom is 0.225 e. The predicted molar refractivity (Wildman–Crippen MR) is 49.8 cm³/mol. The molecule has 1 radical (unpaired) electrons. The van der Waals surface area contributed by atoms with Gasteiger partial charge in [-0.15, -0.1) is 0 Å². The van der Waals surface area contributed by atoms with Gasteiger partial charge in [0.1, 0.15) is 5.60 Å². The number of hydrogen-bond acceptors (Lipinski definition) is 1. The summed E-state index contributed by atoms with van der Waals surface area (Å²) in [5.41, 5.74) is -1.12. The van der Waals surface area contributed by atoms with E-state index >= 15 is 0 Å². The smallest absolute Gasteiger partial charge is 0.225 e. The Labute approximate surface area is 79.7 Å². The Morgan fingerprint density at radius 1 is 1.23 bits per heavy atom. The summed E-state index contributed by atoms with van der Waals surface area (Å²) in [5, 5.41) is 11.3. The van der Waals surface area contributed by atoms with E-state index in [1.165, 1.54) is 6.42 Å². The van der Waals surface area contributed by atoms with Crippen LogP contribution < -0.4 is 0 Å². The van der Waals surface area contributed by atoms with Gasteiger partial charge in [-0.05, 0) is 33.1 Å². The van der Waals surface area contributed by atoms with Crippen molar-refractivity contribution in [2.75, 3.05) is 13.1 Å². The van der Waals surface area contributed by atoms with E-state index in [-0.39, 0.29) is 12.3 Å². The van der Waals surface area contributed by atoms with Crippen molar-refractivity contribution in [3.63, 3.8) is 0 Å². The van der Waals surface area contributed by atoms with Gasteiger partial charge in [-0.2, -0.15) is 0 Å².